The van der Waals surface area contributed by atoms with Crippen LogP contribution in [0.25, 0.3) is 0 Å². The molecule has 0 fully saturated rings. The van der Waals surface area contributed by atoms with E-state index in [0.29, 0.717) is 6.54 Å². The van der Waals surface area contributed by atoms with E-state index in [1.54, 1.807) is 7.11 Å². The number of hydrogen-bond donors (Lipinski definition) is 2. The van der Waals surface area contributed by atoms with Crippen molar-refractivity contribution in [3.8, 4) is 11.8 Å². The highest BCUT2D eigenvalue weighted by molar-refractivity contribution is 5.45. The number of fused-ring (bicyclic) bond motifs is 1. The summed E-state index contributed by atoms with van der Waals surface area (Å²) < 4.78 is 5.22. The number of aliphatic hydroxyl groups is 1. The third-order valence-corrected chi connectivity index (χ3v) is 3.50. The Labute approximate surface area is 107 Å². The fourth-order valence-corrected chi connectivity index (χ4v) is 2.61. The first-order chi connectivity index (χ1) is 8.75. The normalized spacial score (nSPS) is 22.1. The van der Waals surface area contributed by atoms with Crippen LogP contribution in [0.15, 0.2) is 18.2 Å². The van der Waals surface area contributed by atoms with Crippen LogP contribution in [0, 0.1) is 11.3 Å². The molecule has 0 saturated heterocycles. The van der Waals surface area contributed by atoms with E-state index in [4.69, 9.17) is 9.84 Å². The Morgan fingerprint density at radius 2 is 2.39 bits per heavy atom. The highest BCUT2D eigenvalue weighted by Gasteiger charge is 2.36. The molecule has 2 N–H and O–H groups in total. The van der Waals surface area contributed by atoms with Crippen molar-refractivity contribution in [1.29, 1.82) is 5.26 Å². The summed E-state index contributed by atoms with van der Waals surface area (Å²) in [6.45, 7) is 0.466. The molecule has 18 heavy (non-hydrogen) atoms. The molecule has 1 aliphatic carbocycles. The molecule has 0 aromatic heterocycles. The topological polar surface area (TPSA) is 65.3 Å². The molecule has 0 heterocycles. The lowest BCUT2D eigenvalue weighted by Gasteiger charge is -2.34. The van der Waals surface area contributed by atoms with Crippen LogP contribution in [0.5, 0.6) is 5.75 Å². The molecule has 1 aromatic carbocycles. The average molecular weight is 246 g/mol. The maximum atomic E-state index is 9.52. The van der Waals surface area contributed by atoms with Gasteiger partial charge < -0.3 is 9.84 Å². The van der Waals surface area contributed by atoms with Crippen LogP contribution in [0.1, 0.15) is 24.0 Å². The van der Waals surface area contributed by atoms with Gasteiger partial charge in [0.15, 0.2) is 0 Å². The Kier molecular flexibility index (Phi) is 3.85. The zero-order valence-corrected chi connectivity index (χ0v) is 10.6. The van der Waals surface area contributed by atoms with Gasteiger partial charge in [-0.15, -0.1) is 0 Å². The summed E-state index contributed by atoms with van der Waals surface area (Å²) in [5.74, 6) is 0.824. The Balaban J connectivity index is 2.40. The summed E-state index contributed by atoms with van der Waals surface area (Å²) in [6, 6.07) is 8.23. The quantitative estimate of drug-likeness (QED) is 0.841. The Morgan fingerprint density at radius 3 is 3.06 bits per heavy atom. The SMILES string of the molecule is COc1ccc2c(c1)CCCC2(C#N)NCCO. The van der Waals surface area contributed by atoms with Crippen molar-refractivity contribution in [1.82, 2.24) is 5.32 Å². The fraction of sp³-hybridized carbons (Fsp3) is 0.500. The smallest absolute Gasteiger partial charge is 0.132 e. The molecule has 1 aromatic rings. The van der Waals surface area contributed by atoms with E-state index in [0.717, 1.165) is 36.1 Å². The number of nitrogens with zero attached hydrogens (tertiary/aromatic N) is 1. The number of aryl methyl sites for hydroxylation is 1. The van der Waals surface area contributed by atoms with Crippen molar-refractivity contribution < 1.29 is 9.84 Å². The van der Waals surface area contributed by atoms with Crippen LogP contribution >= 0.6 is 0 Å². The number of hydrogen-bond acceptors (Lipinski definition) is 4. The molecule has 0 saturated carbocycles. The van der Waals surface area contributed by atoms with Crippen molar-refractivity contribution in [2.24, 2.45) is 0 Å². The highest BCUT2D eigenvalue weighted by atomic mass is 16.5. The van der Waals surface area contributed by atoms with Crippen molar-refractivity contribution in [3.63, 3.8) is 0 Å². The first-order valence-electron chi connectivity index (χ1n) is 6.20. The summed E-state index contributed by atoms with van der Waals surface area (Å²) in [7, 11) is 1.64. The maximum absolute atomic E-state index is 9.52. The lowest BCUT2D eigenvalue weighted by atomic mass is 9.77. The zero-order valence-electron chi connectivity index (χ0n) is 10.6. The summed E-state index contributed by atoms with van der Waals surface area (Å²) in [6.07, 6.45) is 2.71. The molecule has 4 nitrogen and oxygen atoms in total. The second-order valence-corrected chi connectivity index (χ2v) is 4.54. The molecule has 0 radical (unpaired) electrons. The molecule has 2 rings (SSSR count). The number of ether oxygens (including phenoxy) is 1. The van der Waals surface area contributed by atoms with E-state index in [1.165, 1.54) is 0 Å². The average Bonchev–Trinajstić information content (AvgIpc) is 2.44. The van der Waals surface area contributed by atoms with Crippen LogP contribution < -0.4 is 10.1 Å². The van der Waals surface area contributed by atoms with Gasteiger partial charge in [-0.1, -0.05) is 6.07 Å². The molecule has 0 spiro atoms. The van der Waals surface area contributed by atoms with Crippen molar-refractivity contribution in [2.45, 2.75) is 24.8 Å². The Bertz CT molecular complexity index is 467. The van der Waals surface area contributed by atoms with E-state index in [2.05, 4.69) is 11.4 Å². The van der Waals surface area contributed by atoms with Crippen molar-refractivity contribution in [3.05, 3.63) is 29.3 Å². The highest BCUT2D eigenvalue weighted by Crippen LogP contribution is 2.36. The van der Waals surface area contributed by atoms with E-state index in [1.807, 2.05) is 18.2 Å². The minimum absolute atomic E-state index is 0.0366. The predicted octanol–water partition coefficient (Wildman–Crippen LogP) is 1.33. The van der Waals surface area contributed by atoms with Crippen LogP contribution in [0.4, 0.5) is 0 Å². The minimum atomic E-state index is -0.664. The predicted molar refractivity (Wildman–Crippen MR) is 68.3 cm³/mol. The van der Waals surface area contributed by atoms with Gasteiger partial charge in [0, 0.05) is 6.54 Å². The third-order valence-electron chi connectivity index (χ3n) is 3.50. The largest absolute Gasteiger partial charge is 0.497 e. The standard InChI is InChI=1S/C14H18N2O2/c1-18-12-4-5-13-11(9-12)3-2-6-14(13,10-15)16-7-8-17/h4-5,9,16-17H,2-3,6-8H2,1H3. The first kappa shape index (κ1) is 12.9. The van der Waals surface area contributed by atoms with Gasteiger partial charge in [0.05, 0.1) is 19.8 Å². The third kappa shape index (κ3) is 2.20. The molecular weight excluding hydrogens is 228 g/mol. The van der Waals surface area contributed by atoms with Crippen molar-refractivity contribution >= 4 is 0 Å². The second-order valence-electron chi connectivity index (χ2n) is 4.54. The number of methoxy groups -OCH3 is 1. The number of benzene rings is 1. The van der Waals surface area contributed by atoms with Crippen LogP contribution in [0.3, 0.4) is 0 Å². The van der Waals surface area contributed by atoms with Crippen LogP contribution in [-0.4, -0.2) is 25.4 Å². The van der Waals surface area contributed by atoms with Gasteiger partial charge in [0.2, 0.25) is 0 Å². The van der Waals surface area contributed by atoms with Crippen molar-refractivity contribution in [2.75, 3.05) is 20.3 Å². The van der Waals surface area contributed by atoms with Gasteiger partial charge in [0.1, 0.15) is 11.3 Å². The van der Waals surface area contributed by atoms with Gasteiger partial charge in [-0.05, 0) is 42.5 Å². The molecule has 96 valence electrons. The zero-order chi connectivity index (χ0) is 13.0. The van der Waals surface area contributed by atoms with Gasteiger partial charge in [-0.2, -0.15) is 5.26 Å². The fourth-order valence-electron chi connectivity index (χ4n) is 2.61. The number of nitrogens with one attached hydrogen (secondary N) is 1. The molecule has 1 aliphatic rings. The lowest BCUT2D eigenvalue weighted by Crippen LogP contribution is -2.45. The summed E-state index contributed by atoms with van der Waals surface area (Å²) in [4.78, 5) is 0. The molecule has 4 heteroatoms. The summed E-state index contributed by atoms with van der Waals surface area (Å²) in [5.41, 5.74) is 1.51. The second kappa shape index (κ2) is 5.38. The van der Waals surface area contributed by atoms with Gasteiger partial charge in [0.25, 0.3) is 0 Å². The van der Waals surface area contributed by atoms with E-state index in [-0.39, 0.29) is 6.61 Å². The number of aliphatic hydroxyl groups excluding tert-OH is 1. The molecule has 0 aliphatic heterocycles. The van der Waals surface area contributed by atoms with E-state index >= 15 is 0 Å². The van der Waals surface area contributed by atoms with Crippen LogP contribution in [-0.2, 0) is 12.0 Å². The molecule has 1 unspecified atom stereocenters. The van der Waals surface area contributed by atoms with Crippen LogP contribution in [0.2, 0.25) is 0 Å². The van der Waals surface area contributed by atoms with Gasteiger partial charge in [-0.3, -0.25) is 5.32 Å². The van der Waals surface area contributed by atoms with Gasteiger partial charge in [-0.25, -0.2) is 0 Å². The number of nitriles is 1. The summed E-state index contributed by atoms with van der Waals surface area (Å²) >= 11 is 0. The molecule has 1 atom stereocenters. The monoisotopic (exact) mass is 246 g/mol. The Hall–Kier alpha value is -1.57. The first-order valence-corrected chi connectivity index (χ1v) is 6.20. The minimum Gasteiger partial charge on any atom is -0.497 e. The summed E-state index contributed by atoms with van der Waals surface area (Å²) in [5, 5.41) is 21.6. The Morgan fingerprint density at radius 1 is 1.56 bits per heavy atom. The lowest BCUT2D eigenvalue weighted by molar-refractivity contribution is 0.263. The maximum Gasteiger partial charge on any atom is 0.132 e. The molecule has 0 bridgehead atoms. The number of rotatable bonds is 4. The van der Waals surface area contributed by atoms with E-state index < -0.39 is 5.54 Å². The van der Waals surface area contributed by atoms with E-state index in [9.17, 15) is 5.26 Å². The van der Waals surface area contributed by atoms with Gasteiger partial charge >= 0.3 is 0 Å². The molecule has 0 amide bonds. The molecular formula is C14H18N2O2.